The van der Waals surface area contributed by atoms with Gasteiger partial charge in [-0.2, -0.15) is 0 Å². The molecule has 0 aliphatic heterocycles. The van der Waals surface area contributed by atoms with Crippen LogP contribution in [-0.4, -0.2) is 20.4 Å². The Labute approximate surface area is 148 Å². The zero-order valence-electron chi connectivity index (χ0n) is 14.0. The molecule has 130 valence electrons. The summed E-state index contributed by atoms with van der Waals surface area (Å²) in [5, 5.41) is 4.15. The number of nitrogens with one attached hydrogen (secondary N) is 2. The van der Waals surface area contributed by atoms with Crippen molar-refractivity contribution < 1.29 is 4.79 Å². The van der Waals surface area contributed by atoms with Gasteiger partial charge in [-0.3, -0.25) is 9.36 Å². The highest BCUT2D eigenvalue weighted by molar-refractivity contribution is 7.11. The van der Waals surface area contributed by atoms with Crippen LogP contribution in [0.4, 0.5) is 0 Å². The molecule has 0 fully saturated rings. The number of rotatable bonds is 4. The topological polar surface area (TPSA) is 79.8 Å². The second-order valence-electron chi connectivity index (χ2n) is 6.40. The normalized spacial score (nSPS) is 16.8. The number of imidazole rings is 1. The number of hydrogen-bond donors (Lipinski definition) is 2. The van der Waals surface area contributed by atoms with Crippen LogP contribution in [0.5, 0.6) is 0 Å². The number of carbonyl (C=O) groups is 1. The Bertz CT molecular complexity index is 985. The van der Waals surface area contributed by atoms with Crippen LogP contribution in [0.15, 0.2) is 29.1 Å². The number of aromatic nitrogens is 3. The van der Waals surface area contributed by atoms with E-state index >= 15 is 0 Å². The van der Waals surface area contributed by atoms with Crippen LogP contribution < -0.4 is 11.0 Å². The third-order valence-corrected chi connectivity index (χ3v) is 5.69. The number of thiazole rings is 1. The first-order valence-corrected chi connectivity index (χ1v) is 9.36. The van der Waals surface area contributed by atoms with E-state index in [4.69, 9.17) is 0 Å². The molecule has 0 bridgehead atoms. The molecule has 4 rings (SSSR count). The van der Waals surface area contributed by atoms with Crippen LogP contribution in [0, 0.1) is 6.92 Å². The Morgan fingerprint density at radius 1 is 1.44 bits per heavy atom. The molecule has 7 heteroatoms. The van der Waals surface area contributed by atoms with E-state index in [1.807, 2.05) is 31.2 Å². The van der Waals surface area contributed by atoms with E-state index in [-0.39, 0.29) is 24.1 Å². The molecule has 0 saturated heterocycles. The fourth-order valence-corrected chi connectivity index (χ4v) is 4.53. The van der Waals surface area contributed by atoms with Crippen molar-refractivity contribution in [2.75, 3.05) is 0 Å². The SMILES string of the molecule is Cc1nc2c(s1)CCC[C@H]2NC(=O)CCn1c(=O)[nH]c2ccccc21. The van der Waals surface area contributed by atoms with Gasteiger partial charge in [-0.25, -0.2) is 9.78 Å². The quantitative estimate of drug-likeness (QED) is 0.754. The van der Waals surface area contributed by atoms with Crippen LogP contribution in [0.2, 0.25) is 0 Å². The first-order valence-electron chi connectivity index (χ1n) is 8.55. The van der Waals surface area contributed by atoms with Gasteiger partial charge in [0.1, 0.15) is 0 Å². The minimum absolute atomic E-state index is 0.000825. The van der Waals surface area contributed by atoms with Crippen molar-refractivity contribution in [1.29, 1.82) is 0 Å². The van der Waals surface area contributed by atoms with Crippen molar-refractivity contribution >= 4 is 28.3 Å². The minimum Gasteiger partial charge on any atom is -0.348 e. The molecule has 1 amide bonds. The van der Waals surface area contributed by atoms with Crippen molar-refractivity contribution in [1.82, 2.24) is 19.9 Å². The zero-order chi connectivity index (χ0) is 17.4. The Kier molecular flexibility index (Phi) is 4.17. The summed E-state index contributed by atoms with van der Waals surface area (Å²) in [4.78, 5) is 33.2. The second kappa shape index (κ2) is 6.48. The van der Waals surface area contributed by atoms with E-state index in [0.29, 0.717) is 6.54 Å². The summed E-state index contributed by atoms with van der Waals surface area (Å²) < 4.78 is 1.62. The highest BCUT2D eigenvalue weighted by Crippen LogP contribution is 2.33. The molecule has 0 unspecified atom stereocenters. The summed E-state index contributed by atoms with van der Waals surface area (Å²) in [5.74, 6) is -0.0410. The van der Waals surface area contributed by atoms with Crippen molar-refractivity contribution in [3.05, 3.63) is 50.3 Å². The summed E-state index contributed by atoms with van der Waals surface area (Å²) >= 11 is 1.72. The molecule has 1 aliphatic carbocycles. The number of para-hydroxylation sites is 2. The molecule has 0 radical (unpaired) electrons. The number of aromatic amines is 1. The smallest absolute Gasteiger partial charge is 0.326 e. The molecule has 1 aromatic carbocycles. The van der Waals surface area contributed by atoms with Crippen LogP contribution in [-0.2, 0) is 17.8 Å². The molecular weight excluding hydrogens is 336 g/mol. The summed E-state index contributed by atoms with van der Waals surface area (Å²) in [5.41, 5.74) is 2.48. The zero-order valence-corrected chi connectivity index (χ0v) is 14.9. The Balaban J connectivity index is 1.45. The molecule has 1 atom stereocenters. The van der Waals surface area contributed by atoms with E-state index in [1.54, 1.807) is 15.9 Å². The first kappa shape index (κ1) is 16.1. The van der Waals surface area contributed by atoms with Gasteiger partial charge in [0.25, 0.3) is 0 Å². The second-order valence-corrected chi connectivity index (χ2v) is 7.69. The summed E-state index contributed by atoms with van der Waals surface area (Å²) in [7, 11) is 0. The average Bonchev–Trinajstić information content (AvgIpc) is 3.12. The number of amides is 1. The van der Waals surface area contributed by atoms with Crippen molar-refractivity contribution in [2.24, 2.45) is 0 Å². The van der Waals surface area contributed by atoms with Gasteiger partial charge in [-0.15, -0.1) is 11.3 Å². The summed E-state index contributed by atoms with van der Waals surface area (Å²) in [6.45, 7) is 2.37. The van der Waals surface area contributed by atoms with E-state index in [0.717, 1.165) is 41.0 Å². The first-order chi connectivity index (χ1) is 12.1. The minimum atomic E-state index is -0.177. The molecule has 3 aromatic rings. The van der Waals surface area contributed by atoms with Crippen molar-refractivity contribution in [3.8, 4) is 0 Å². The number of hydrogen-bond acceptors (Lipinski definition) is 4. The lowest BCUT2D eigenvalue weighted by molar-refractivity contribution is -0.122. The van der Waals surface area contributed by atoms with Crippen LogP contribution >= 0.6 is 11.3 Å². The largest absolute Gasteiger partial charge is 0.348 e. The number of nitrogens with zero attached hydrogens (tertiary/aromatic N) is 2. The lowest BCUT2D eigenvalue weighted by Gasteiger charge is -2.22. The van der Waals surface area contributed by atoms with Gasteiger partial charge in [0, 0.05) is 17.8 Å². The Hall–Kier alpha value is -2.41. The van der Waals surface area contributed by atoms with E-state index in [2.05, 4.69) is 15.3 Å². The predicted molar refractivity (Wildman–Crippen MR) is 97.8 cm³/mol. The lowest BCUT2D eigenvalue weighted by atomic mass is 9.97. The van der Waals surface area contributed by atoms with E-state index in [9.17, 15) is 9.59 Å². The maximum Gasteiger partial charge on any atom is 0.326 e. The standard InChI is InChI=1S/C18H20N4O2S/c1-11-19-17-13(6-4-8-15(17)25-11)20-16(23)9-10-22-14-7-3-2-5-12(14)21-18(22)24/h2-3,5,7,13H,4,6,8-10H2,1H3,(H,20,23)(H,21,24)/t13-/m1/s1. The Morgan fingerprint density at radius 3 is 3.16 bits per heavy atom. The van der Waals surface area contributed by atoms with Gasteiger partial charge in [-0.05, 0) is 38.3 Å². The van der Waals surface area contributed by atoms with Crippen molar-refractivity contribution in [3.63, 3.8) is 0 Å². The maximum atomic E-state index is 12.4. The molecule has 2 heterocycles. The molecular formula is C18H20N4O2S. The monoisotopic (exact) mass is 356 g/mol. The number of H-pyrrole nitrogens is 1. The maximum absolute atomic E-state index is 12.4. The van der Waals surface area contributed by atoms with Gasteiger partial charge >= 0.3 is 5.69 Å². The van der Waals surface area contributed by atoms with Gasteiger partial charge in [0.05, 0.1) is 27.8 Å². The van der Waals surface area contributed by atoms with Crippen LogP contribution in [0.25, 0.3) is 11.0 Å². The molecule has 25 heavy (non-hydrogen) atoms. The number of fused-ring (bicyclic) bond motifs is 2. The highest BCUT2D eigenvalue weighted by Gasteiger charge is 2.25. The fourth-order valence-electron chi connectivity index (χ4n) is 3.49. The van der Waals surface area contributed by atoms with Gasteiger partial charge in [-0.1, -0.05) is 12.1 Å². The van der Waals surface area contributed by atoms with Gasteiger partial charge in [0.15, 0.2) is 0 Å². The van der Waals surface area contributed by atoms with Crippen molar-refractivity contribution in [2.45, 2.75) is 45.2 Å². The molecule has 0 spiro atoms. The van der Waals surface area contributed by atoms with Crippen LogP contribution in [0.1, 0.15) is 40.9 Å². The summed E-state index contributed by atoms with van der Waals surface area (Å²) in [6.07, 6.45) is 3.32. The average molecular weight is 356 g/mol. The van der Waals surface area contributed by atoms with Gasteiger partial charge < -0.3 is 10.3 Å². The molecule has 2 N–H and O–H groups in total. The molecule has 0 saturated carbocycles. The van der Waals surface area contributed by atoms with E-state index in [1.165, 1.54) is 4.88 Å². The fraction of sp³-hybridized carbons (Fsp3) is 0.389. The third kappa shape index (κ3) is 3.11. The van der Waals surface area contributed by atoms with Gasteiger partial charge in [0.2, 0.25) is 5.91 Å². The predicted octanol–water partition coefficient (Wildman–Crippen LogP) is 2.68. The van der Waals surface area contributed by atoms with E-state index < -0.39 is 0 Å². The number of carbonyl (C=O) groups excluding carboxylic acids is 1. The number of aryl methyl sites for hydroxylation is 3. The molecule has 1 aliphatic rings. The van der Waals surface area contributed by atoms with Crippen LogP contribution in [0.3, 0.4) is 0 Å². The highest BCUT2D eigenvalue weighted by atomic mass is 32.1. The molecule has 6 nitrogen and oxygen atoms in total. The third-order valence-electron chi connectivity index (χ3n) is 4.64. The Morgan fingerprint density at radius 2 is 2.28 bits per heavy atom. The number of benzene rings is 1. The molecule has 2 aromatic heterocycles. The summed E-state index contributed by atoms with van der Waals surface area (Å²) in [6, 6.07) is 7.52. The lowest BCUT2D eigenvalue weighted by Crippen LogP contribution is -2.32.